The smallest absolute Gasteiger partial charge is 0.254 e. The van der Waals surface area contributed by atoms with Gasteiger partial charge in [0.05, 0.1) is 28.8 Å². The molecule has 0 spiro atoms. The van der Waals surface area contributed by atoms with Gasteiger partial charge in [-0.3, -0.25) is 19.4 Å². The third-order valence-electron chi connectivity index (χ3n) is 6.73. The summed E-state index contributed by atoms with van der Waals surface area (Å²) >= 11 is 7.62. The SMILES string of the molecule is CN(Cc1ccc(Cl)s1)c1cc(-c2cc(-c3ccccc3)n(CC(=O)c3ccncc3)c(=O)c2)nn1C(=O)C(C)(C)C. The Balaban J connectivity index is 1.61. The maximum Gasteiger partial charge on any atom is 0.254 e. The van der Waals surface area contributed by atoms with Gasteiger partial charge in [-0.25, -0.2) is 0 Å². The highest BCUT2D eigenvalue weighted by molar-refractivity contribution is 7.16. The third kappa shape index (κ3) is 6.27. The summed E-state index contributed by atoms with van der Waals surface area (Å²) in [6.07, 6.45) is 3.10. The highest BCUT2D eigenvalue weighted by atomic mass is 35.5. The van der Waals surface area contributed by atoms with Crippen LogP contribution < -0.4 is 10.5 Å². The van der Waals surface area contributed by atoms with Gasteiger partial charge in [-0.15, -0.1) is 11.3 Å². The summed E-state index contributed by atoms with van der Waals surface area (Å²) in [5.74, 6) is 0.203. The van der Waals surface area contributed by atoms with E-state index in [4.69, 9.17) is 16.7 Å². The van der Waals surface area contributed by atoms with Crippen LogP contribution in [-0.2, 0) is 13.1 Å². The number of aromatic nitrogens is 4. The van der Waals surface area contributed by atoms with Crippen LogP contribution in [-0.4, -0.2) is 38.1 Å². The van der Waals surface area contributed by atoms with Crippen LogP contribution in [0, 0.1) is 5.41 Å². The van der Waals surface area contributed by atoms with Crippen LogP contribution in [0.25, 0.3) is 22.5 Å². The number of rotatable bonds is 8. The van der Waals surface area contributed by atoms with Gasteiger partial charge < -0.3 is 9.47 Å². The average Bonchev–Trinajstić information content (AvgIpc) is 3.60. The Morgan fingerprint density at radius 2 is 1.67 bits per heavy atom. The second-order valence-electron chi connectivity index (χ2n) is 11.0. The highest BCUT2D eigenvalue weighted by Gasteiger charge is 2.28. The standard InChI is InChI=1S/C32H30ClN5O3S/c1-32(2,3)31(41)38-29(36(4)19-24-10-11-28(33)42-24)18-25(35-38)23-16-26(21-8-6-5-7-9-21)37(30(40)17-23)20-27(39)22-12-14-34-15-13-22/h5-18H,19-20H2,1-4H3. The number of ketones is 1. The number of pyridine rings is 2. The van der Waals surface area contributed by atoms with Crippen molar-refractivity contribution in [2.24, 2.45) is 5.41 Å². The fourth-order valence-electron chi connectivity index (χ4n) is 4.53. The molecular formula is C32H30ClN5O3S. The Morgan fingerprint density at radius 3 is 2.31 bits per heavy atom. The molecule has 0 fully saturated rings. The topological polar surface area (TPSA) is 90.1 Å². The lowest BCUT2D eigenvalue weighted by molar-refractivity contribution is 0.0751. The number of carbonyl (C=O) groups is 2. The lowest BCUT2D eigenvalue weighted by Gasteiger charge is -2.22. The molecule has 0 unspecified atom stereocenters. The molecule has 214 valence electrons. The van der Waals surface area contributed by atoms with Crippen molar-refractivity contribution in [3.8, 4) is 22.5 Å². The average molecular weight is 600 g/mol. The van der Waals surface area contributed by atoms with Crippen LogP contribution in [0.3, 0.4) is 0 Å². The molecule has 0 N–H and O–H groups in total. The first-order valence-electron chi connectivity index (χ1n) is 13.4. The monoisotopic (exact) mass is 599 g/mol. The van der Waals surface area contributed by atoms with Gasteiger partial charge in [-0.05, 0) is 35.9 Å². The van der Waals surface area contributed by atoms with Gasteiger partial charge in [0.1, 0.15) is 5.82 Å². The zero-order chi connectivity index (χ0) is 30.0. The van der Waals surface area contributed by atoms with Gasteiger partial charge in [0.25, 0.3) is 11.5 Å². The quantitative estimate of drug-likeness (QED) is 0.185. The first-order valence-corrected chi connectivity index (χ1v) is 14.5. The first-order chi connectivity index (χ1) is 20.0. The molecule has 0 amide bonds. The molecule has 0 saturated heterocycles. The Kier molecular flexibility index (Phi) is 8.24. The number of benzene rings is 1. The van der Waals surface area contributed by atoms with E-state index in [1.807, 2.05) is 87.3 Å². The molecular weight excluding hydrogens is 570 g/mol. The molecule has 0 aliphatic rings. The van der Waals surface area contributed by atoms with E-state index in [0.29, 0.717) is 39.2 Å². The zero-order valence-corrected chi connectivity index (χ0v) is 25.3. The van der Waals surface area contributed by atoms with E-state index in [1.165, 1.54) is 26.7 Å². The molecule has 0 bridgehead atoms. The molecule has 42 heavy (non-hydrogen) atoms. The lowest BCUT2D eigenvalue weighted by Crippen LogP contribution is -2.31. The Hall–Kier alpha value is -4.34. The van der Waals surface area contributed by atoms with Crippen molar-refractivity contribution in [3.63, 3.8) is 0 Å². The van der Waals surface area contributed by atoms with Crippen LogP contribution in [0.5, 0.6) is 0 Å². The Morgan fingerprint density at radius 1 is 0.952 bits per heavy atom. The van der Waals surface area contributed by atoms with Crippen molar-refractivity contribution >= 4 is 40.4 Å². The zero-order valence-electron chi connectivity index (χ0n) is 23.7. The van der Waals surface area contributed by atoms with Crippen molar-refractivity contribution in [2.75, 3.05) is 11.9 Å². The maximum atomic E-state index is 13.6. The number of hydrogen-bond donors (Lipinski definition) is 0. The van der Waals surface area contributed by atoms with Crippen molar-refractivity contribution < 1.29 is 9.59 Å². The summed E-state index contributed by atoms with van der Waals surface area (Å²) in [7, 11) is 1.89. The predicted molar refractivity (Wildman–Crippen MR) is 167 cm³/mol. The van der Waals surface area contributed by atoms with Crippen LogP contribution in [0.1, 0.15) is 40.8 Å². The van der Waals surface area contributed by atoms with Crippen molar-refractivity contribution in [3.05, 3.63) is 110 Å². The Bertz CT molecular complexity index is 1800. The molecule has 0 radical (unpaired) electrons. The number of nitrogens with zero attached hydrogens (tertiary/aromatic N) is 5. The van der Waals surface area contributed by atoms with E-state index in [2.05, 4.69) is 4.98 Å². The molecule has 1 aromatic carbocycles. The number of carbonyl (C=O) groups excluding carboxylic acids is 2. The van der Waals surface area contributed by atoms with Gasteiger partial charge in [-0.1, -0.05) is 62.7 Å². The van der Waals surface area contributed by atoms with Crippen molar-refractivity contribution in [2.45, 2.75) is 33.9 Å². The van der Waals surface area contributed by atoms with E-state index in [-0.39, 0.29) is 23.8 Å². The maximum absolute atomic E-state index is 13.6. The van der Waals surface area contributed by atoms with Gasteiger partial charge >= 0.3 is 0 Å². The minimum absolute atomic E-state index is 0.137. The normalized spacial score (nSPS) is 11.5. The fraction of sp³-hybridized carbons (Fsp3) is 0.219. The summed E-state index contributed by atoms with van der Waals surface area (Å²) in [6.45, 7) is 5.91. The molecule has 10 heteroatoms. The molecule has 5 rings (SSSR count). The number of thiophene rings is 1. The summed E-state index contributed by atoms with van der Waals surface area (Å²) < 4.78 is 3.56. The minimum atomic E-state index is -0.697. The van der Waals surface area contributed by atoms with Gasteiger partial charge in [0.15, 0.2) is 5.78 Å². The number of anilines is 1. The van der Waals surface area contributed by atoms with Gasteiger partial charge in [-0.2, -0.15) is 9.78 Å². The van der Waals surface area contributed by atoms with Crippen LogP contribution in [0.4, 0.5) is 5.82 Å². The van der Waals surface area contributed by atoms with E-state index >= 15 is 0 Å². The van der Waals surface area contributed by atoms with Gasteiger partial charge in [0, 0.05) is 53.0 Å². The molecule has 0 saturated carbocycles. The van der Waals surface area contributed by atoms with E-state index < -0.39 is 5.41 Å². The minimum Gasteiger partial charge on any atom is -0.354 e. The van der Waals surface area contributed by atoms with E-state index in [1.54, 1.807) is 24.5 Å². The van der Waals surface area contributed by atoms with Crippen molar-refractivity contribution in [1.29, 1.82) is 0 Å². The van der Waals surface area contributed by atoms with Gasteiger partial charge in [0.2, 0.25) is 0 Å². The molecule has 0 atom stereocenters. The third-order valence-corrected chi connectivity index (χ3v) is 7.95. The number of hydrogen-bond acceptors (Lipinski definition) is 7. The highest BCUT2D eigenvalue weighted by Crippen LogP contribution is 2.31. The lowest BCUT2D eigenvalue weighted by atomic mass is 9.96. The van der Waals surface area contributed by atoms with Crippen LogP contribution in [0.15, 0.2) is 90.0 Å². The number of halogens is 1. The summed E-state index contributed by atoms with van der Waals surface area (Å²) in [4.78, 5) is 47.2. The molecule has 4 heterocycles. The molecule has 5 aromatic rings. The predicted octanol–water partition coefficient (Wildman–Crippen LogP) is 6.69. The summed E-state index contributed by atoms with van der Waals surface area (Å²) in [5.41, 5.74) is 1.78. The van der Waals surface area contributed by atoms with Crippen molar-refractivity contribution in [1.82, 2.24) is 19.3 Å². The molecule has 8 nitrogen and oxygen atoms in total. The largest absolute Gasteiger partial charge is 0.354 e. The molecule has 4 aromatic heterocycles. The van der Waals surface area contributed by atoms with Crippen LogP contribution >= 0.6 is 22.9 Å². The molecule has 0 aliphatic carbocycles. The second kappa shape index (κ2) is 11.9. The molecule has 0 aliphatic heterocycles. The van der Waals surface area contributed by atoms with E-state index in [9.17, 15) is 14.4 Å². The fourth-order valence-corrected chi connectivity index (χ4v) is 5.67. The Labute approximate surface area is 252 Å². The summed E-state index contributed by atoms with van der Waals surface area (Å²) in [5, 5.41) is 4.71. The van der Waals surface area contributed by atoms with E-state index in [0.717, 1.165) is 10.4 Å². The second-order valence-corrected chi connectivity index (χ2v) is 12.8. The van der Waals surface area contributed by atoms with Crippen LogP contribution in [0.2, 0.25) is 4.34 Å². The summed E-state index contributed by atoms with van der Waals surface area (Å²) in [6, 6.07) is 21.6. The first kappa shape index (κ1) is 29.2. The number of Topliss-reactive ketones (excluding diaryl/α,β-unsaturated/α-hetero) is 1.